The highest BCUT2D eigenvalue weighted by Gasteiger charge is 2.76. The zero-order valence-corrected chi connectivity index (χ0v) is 24.4. The molecule has 6 atom stereocenters. The predicted octanol–water partition coefficient (Wildman–Crippen LogP) is 4.18. The van der Waals surface area contributed by atoms with Crippen LogP contribution in [0.2, 0.25) is 0 Å². The molecule has 42 heavy (non-hydrogen) atoms. The maximum Gasteiger partial charge on any atom is 0.303 e. The van der Waals surface area contributed by atoms with Gasteiger partial charge in [-0.05, 0) is 48.6 Å². The van der Waals surface area contributed by atoms with E-state index in [0.717, 1.165) is 4.90 Å². The number of rotatable bonds is 7. The minimum Gasteiger partial charge on any atom is -0.507 e. The van der Waals surface area contributed by atoms with Crippen LogP contribution in [0.15, 0.2) is 48.0 Å². The van der Waals surface area contributed by atoms with Crippen molar-refractivity contribution in [2.24, 2.45) is 17.8 Å². The van der Waals surface area contributed by atoms with Gasteiger partial charge in [0.25, 0.3) is 11.8 Å². The molecule has 0 aromatic heterocycles. The number of phenolic OH excluding ortho intramolecular Hbond substituents is 1. The number of carboxylic acids is 1. The second kappa shape index (κ2) is 10.1. The average molecular weight is 613 g/mol. The molecule has 2 N–H and O–H groups in total. The Morgan fingerprint density at radius 1 is 0.952 bits per heavy atom. The Labute approximate surface area is 252 Å². The first-order valence-corrected chi connectivity index (χ1v) is 14.9. The normalized spacial score (nSPS) is 32.2. The predicted molar refractivity (Wildman–Crippen MR) is 154 cm³/mol. The van der Waals surface area contributed by atoms with E-state index in [1.807, 2.05) is 6.08 Å². The van der Waals surface area contributed by atoms with Gasteiger partial charge in [0.15, 0.2) is 9.75 Å². The number of aromatic hydroxyl groups is 1. The van der Waals surface area contributed by atoms with Crippen molar-refractivity contribution in [1.82, 2.24) is 9.80 Å². The van der Waals surface area contributed by atoms with Gasteiger partial charge >= 0.3 is 5.97 Å². The highest BCUT2D eigenvalue weighted by molar-refractivity contribution is 6.53. The first kappa shape index (κ1) is 28.7. The van der Waals surface area contributed by atoms with E-state index in [1.165, 1.54) is 18.0 Å². The molecule has 6 unspecified atom stereocenters. The van der Waals surface area contributed by atoms with Gasteiger partial charge in [0, 0.05) is 31.3 Å². The molecule has 0 spiro atoms. The molecule has 0 bridgehead atoms. The lowest BCUT2D eigenvalue weighted by Gasteiger charge is -2.51. The van der Waals surface area contributed by atoms with E-state index < -0.39 is 51.2 Å². The minimum atomic E-state index is -1.90. The lowest BCUT2D eigenvalue weighted by Crippen LogP contribution is -2.60. The molecule has 6 rings (SSSR count). The van der Waals surface area contributed by atoms with Crippen molar-refractivity contribution in [2.75, 3.05) is 13.6 Å². The molecule has 2 saturated heterocycles. The largest absolute Gasteiger partial charge is 0.507 e. The highest BCUT2D eigenvalue weighted by atomic mass is 35.5. The number of unbranched alkanes of at least 4 members (excludes halogenated alkanes) is 2. The number of hydrogen-bond donors (Lipinski definition) is 2. The van der Waals surface area contributed by atoms with Crippen LogP contribution in [0.4, 0.5) is 0 Å². The van der Waals surface area contributed by atoms with Crippen LogP contribution in [0.3, 0.4) is 0 Å². The van der Waals surface area contributed by atoms with E-state index in [0.29, 0.717) is 41.2 Å². The summed E-state index contributed by atoms with van der Waals surface area (Å²) in [5.74, 6) is -5.70. The first-order chi connectivity index (χ1) is 19.9. The fraction of sp³-hybridized carbons (Fsp3) is 0.452. The topological polar surface area (TPSA) is 132 Å². The van der Waals surface area contributed by atoms with Gasteiger partial charge in [-0.3, -0.25) is 33.8 Å². The minimum absolute atomic E-state index is 0.0228. The van der Waals surface area contributed by atoms with E-state index in [2.05, 4.69) is 0 Å². The third-order valence-corrected chi connectivity index (χ3v) is 11.0. The van der Waals surface area contributed by atoms with E-state index >= 15 is 0 Å². The van der Waals surface area contributed by atoms with Crippen molar-refractivity contribution >= 4 is 63.6 Å². The second-order valence-corrected chi connectivity index (χ2v) is 13.0. The molecule has 2 aromatic carbocycles. The van der Waals surface area contributed by atoms with Crippen LogP contribution in [0.1, 0.15) is 50.0 Å². The summed E-state index contributed by atoms with van der Waals surface area (Å²) in [7, 11) is 1.35. The number of aliphatic carboxylic acids is 1. The van der Waals surface area contributed by atoms with E-state index in [-0.39, 0.29) is 43.4 Å². The van der Waals surface area contributed by atoms with Crippen LogP contribution in [-0.4, -0.2) is 73.0 Å². The quantitative estimate of drug-likeness (QED) is 0.207. The van der Waals surface area contributed by atoms with Crippen LogP contribution in [0.25, 0.3) is 10.8 Å². The van der Waals surface area contributed by atoms with Crippen molar-refractivity contribution < 1.29 is 34.2 Å². The molecule has 4 aliphatic rings. The van der Waals surface area contributed by atoms with Gasteiger partial charge in [-0.1, -0.05) is 48.4 Å². The highest BCUT2D eigenvalue weighted by Crippen LogP contribution is 2.65. The van der Waals surface area contributed by atoms with Crippen molar-refractivity contribution in [2.45, 2.75) is 54.2 Å². The Hall–Kier alpha value is -3.43. The van der Waals surface area contributed by atoms with Gasteiger partial charge in [0.2, 0.25) is 11.8 Å². The van der Waals surface area contributed by atoms with E-state index in [4.69, 9.17) is 28.3 Å². The van der Waals surface area contributed by atoms with Gasteiger partial charge < -0.3 is 10.2 Å². The fourth-order valence-electron chi connectivity index (χ4n) is 7.66. The zero-order valence-electron chi connectivity index (χ0n) is 22.9. The van der Waals surface area contributed by atoms with Crippen molar-refractivity contribution in [3.05, 3.63) is 53.6 Å². The maximum absolute atomic E-state index is 13.9. The number of fused-ring (bicyclic) bond motifs is 5. The fourth-order valence-corrected chi connectivity index (χ4v) is 8.67. The van der Waals surface area contributed by atoms with Crippen molar-refractivity contribution in [3.63, 3.8) is 0 Å². The Bertz CT molecular complexity index is 1590. The molecule has 2 aromatic rings. The molecule has 0 radical (unpaired) electrons. The van der Waals surface area contributed by atoms with Crippen LogP contribution in [-0.2, 0) is 24.0 Å². The summed E-state index contributed by atoms with van der Waals surface area (Å²) < 4.78 is 0. The summed E-state index contributed by atoms with van der Waals surface area (Å²) in [5.41, 5.74) is 1.29. The van der Waals surface area contributed by atoms with E-state index in [9.17, 15) is 29.1 Å². The molecule has 2 aliphatic carbocycles. The molecule has 4 amide bonds. The van der Waals surface area contributed by atoms with Crippen molar-refractivity contribution in [3.8, 4) is 5.75 Å². The molecule has 3 fully saturated rings. The second-order valence-electron chi connectivity index (χ2n) is 11.7. The van der Waals surface area contributed by atoms with Crippen LogP contribution in [0, 0.1) is 17.8 Å². The zero-order chi connectivity index (χ0) is 30.1. The number of amides is 4. The summed E-state index contributed by atoms with van der Waals surface area (Å²) in [6.45, 7) is 0.185. The monoisotopic (exact) mass is 612 g/mol. The van der Waals surface area contributed by atoms with Crippen LogP contribution < -0.4 is 0 Å². The number of nitrogens with zero attached hydrogens (tertiary/aromatic N) is 2. The third kappa shape index (κ3) is 3.85. The van der Waals surface area contributed by atoms with Gasteiger partial charge in [-0.15, -0.1) is 23.2 Å². The lowest BCUT2D eigenvalue weighted by molar-refractivity contribution is -0.141. The first-order valence-electron chi connectivity index (χ1n) is 14.1. The van der Waals surface area contributed by atoms with Crippen molar-refractivity contribution in [1.29, 1.82) is 0 Å². The number of carboxylic acid groups (broad SMARTS) is 1. The summed E-state index contributed by atoms with van der Waals surface area (Å²) in [6, 6.07) is 10.3. The number of phenols is 1. The van der Waals surface area contributed by atoms with Gasteiger partial charge in [-0.2, -0.15) is 0 Å². The number of alkyl halides is 2. The summed E-state index contributed by atoms with van der Waals surface area (Å²) >= 11 is 14.5. The number of allylic oxidation sites excluding steroid dienone is 2. The van der Waals surface area contributed by atoms with Crippen LogP contribution >= 0.6 is 23.2 Å². The lowest BCUT2D eigenvalue weighted by atomic mass is 9.56. The van der Waals surface area contributed by atoms with Gasteiger partial charge in [0.05, 0.1) is 11.8 Å². The van der Waals surface area contributed by atoms with Gasteiger partial charge in [0.1, 0.15) is 5.75 Å². The number of hydrogen-bond acceptors (Lipinski definition) is 6. The molecule has 1 saturated carbocycles. The SMILES string of the molecule is CN1C(=O)C2(Cl)CC3C(=CCC4C(=O)N(CCCCCC(=O)O)C(=O)C43)C(c3ccc(O)c4ccccc34)C2(Cl)C1=O. The smallest absolute Gasteiger partial charge is 0.303 e. The van der Waals surface area contributed by atoms with E-state index in [1.54, 1.807) is 30.3 Å². The Kier molecular flexibility index (Phi) is 6.89. The number of carbonyl (C=O) groups is 5. The Morgan fingerprint density at radius 2 is 1.67 bits per heavy atom. The molecule has 9 nitrogen and oxygen atoms in total. The number of likely N-dealkylation sites (tertiary alicyclic amines) is 2. The Morgan fingerprint density at radius 3 is 2.38 bits per heavy atom. The molecule has 220 valence electrons. The standard InChI is InChI=1S/C31H30Cl2N2O7/c1-34-28(41)30(32)15-21-19(10-11-20-24(21)27(40)35(26(20)39)14-6-2-3-9-23(37)38)25(31(30,33)29(34)42)18-12-13-22(36)17-8-5-4-7-16(17)18/h4-5,7-8,10,12-13,20-21,24-25,36H,2-3,6,9,11,14-15H2,1H3,(H,37,38). The molecule has 11 heteroatoms. The third-order valence-electron chi connectivity index (χ3n) is 9.62. The summed E-state index contributed by atoms with van der Waals surface area (Å²) in [5, 5.41) is 20.7. The Balaban J connectivity index is 1.44. The summed E-state index contributed by atoms with van der Waals surface area (Å²) in [6.07, 6.45) is 3.58. The number of halogens is 2. The molecule has 2 heterocycles. The molecule has 2 aliphatic heterocycles. The number of imide groups is 2. The van der Waals surface area contributed by atoms with Gasteiger partial charge in [-0.25, -0.2) is 0 Å². The molecular weight excluding hydrogens is 583 g/mol. The number of benzene rings is 2. The summed E-state index contributed by atoms with van der Waals surface area (Å²) in [4.78, 5) is 64.0. The maximum atomic E-state index is 13.9. The molecular formula is C31H30Cl2N2O7. The average Bonchev–Trinajstić information content (AvgIpc) is 3.28. The number of carbonyl (C=O) groups excluding carboxylic acids is 4. The van der Waals surface area contributed by atoms with Crippen LogP contribution in [0.5, 0.6) is 5.75 Å².